The fourth-order valence-electron chi connectivity index (χ4n) is 10.8. The minimum Gasteiger partial charge on any atom is -0.491 e. The molecule has 0 spiro atoms. The Morgan fingerprint density at radius 3 is 2.02 bits per heavy atom. The minimum absolute atomic E-state index is 0.00406. The SMILES string of the molecule is Cc1ncsc1-c1ccc(CNC(=O)[C@@H]2CCCN2C(=O)C(C(C)C)N2Cc3ccccc3C2=O)c(OCCOCCOCCCCOCCCCOCCOCCOc2ccc(N3C(=S)N(c4ccc(C#N)c(C(F)(F)F)c4)C(=O)C3(C)C)cc2)c1. The first kappa shape index (κ1) is 65.9. The third-order valence-corrected chi connectivity index (χ3v) is 16.6. The second-order valence-corrected chi connectivity index (χ2v) is 23.3. The molecular weight excluding hydrogens is 1160 g/mol. The summed E-state index contributed by atoms with van der Waals surface area (Å²) >= 11 is 7.17. The van der Waals surface area contributed by atoms with Gasteiger partial charge in [0, 0.05) is 62.9 Å². The van der Waals surface area contributed by atoms with Gasteiger partial charge in [0.05, 0.1) is 78.6 Å². The maximum absolute atomic E-state index is 14.2. The monoisotopic (exact) mass is 1240 g/mol. The number of benzene rings is 4. The molecule has 4 amide bonds. The zero-order chi connectivity index (χ0) is 62.1. The number of rotatable bonds is 33. The predicted molar refractivity (Wildman–Crippen MR) is 327 cm³/mol. The molecule has 23 heteroatoms. The predicted octanol–water partition coefficient (Wildman–Crippen LogP) is 10.3. The van der Waals surface area contributed by atoms with Crippen LogP contribution < -0.4 is 24.6 Å². The van der Waals surface area contributed by atoms with Crippen molar-refractivity contribution in [2.24, 2.45) is 5.92 Å². The Kier molecular flexibility index (Phi) is 23.7. The molecule has 466 valence electrons. The Hall–Kier alpha value is -7.04. The Morgan fingerprint density at radius 2 is 1.41 bits per heavy atom. The second kappa shape index (κ2) is 31.2. The lowest BCUT2D eigenvalue weighted by Gasteiger charge is -2.35. The van der Waals surface area contributed by atoms with Crippen molar-refractivity contribution in [2.75, 3.05) is 95.6 Å². The molecule has 8 rings (SSSR count). The molecule has 0 bridgehead atoms. The zero-order valence-corrected chi connectivity index (χ0v) is 51.5. The van der Waals surface area contributed by atoms with Crippen LogP contribution in [-0.2, 0) is 57.3 Å². The van der Waals surface area contributed by atoms with Crippen LogP contribution in [0.15, 0.2) is 90.4 Å². The van der Waals surface area contributed by atoms with E-state index in [0.29, 0.717) is 115 Å². The highest BCUT2D eigenvalue weighted by Crippen LogP contribution is 2.41. The number of halogens is 3. The van der Waals surface area contributed by atoms with Crippen LogP contribution in [0.5, 0.6) is 11.5 Å². The lowest BCUT2D eigenvalue weighted by Crippen LogP contribution is -2.55. The topological polar surface area (TPSA) is 195 Å². The van der Waals surface area contributed by atoms with Gasteiger partial charge >= 0.3 is 6.18 Å². The Morgan fingerprint density at radius 1 is 0.805 bits per heavy atom. The molecule has 0 aliphatic carbocycles. The van der Waals surface area contributed by atoms with E-state index in [0.717, 1.165) is 70.0 Å². The number of thiazole rings is 1. The van der Waals surface area contributed by atoms with E-state index in [2.05, 4.69) is 10.3 Å². The normalized spacial score (nSPS) is 16.0. The minimum atomic E-state index is -4.79. The molecule has 87 heavy (non-hydrogen) atoms. The Labute approximate surface area is 515 Å². The van der Waals surface area contributed by atoms with E-state index >= 15 is 0 Å². The van der Waals surface area contributed by atoms with E-state index in [1.165, 1.54) is 6.07 Å². The largest absolute Gasteiger partial charge is 0.491 e. The van der Waals surface area contributed by atoms with Crippen molar-refractivity contribution in [3.8, 4) is 28.0 Å². The first-order valence-electron chi connectivity index (χ1n) is 29.5. The number of anilines is 2. The Balaban J connectivity index is 0.634. The van der Waals surface area contributed by atoms with Gasteiger partial charge in [0.15, 0.2) is 5.11 Å². The quantitative estimate of drug-likeness (QED) is 0.0308. The first-order valence-corrected chi connectivity index (χ1v) is 30.7. The number of aromatic nitrogens is 1. The number of thiocarbonyl (C=S) groups is 1. The number of aryl methyl sites for hydroxylation is 1. The van der Waals surface area contributed by atoms with Crippen LogP contribution in [0.1, 0.15) is 105 Å². The maximum Gasteiger partial charge on any atom is 0.417 e. The van der Waals surface area contributed by atoms with Crippen molar-refractivity contribution in [1.82, 2.24) is 20.1 Å². The lowest BCUT2D eigenvalue weighted by molar-refractivity contribution is -0.143. The van der Waals surface area contributed by atoms with Crippen molar-refractivity contribution in [3.63, 3.8) is 0 Å². The van der Waals surface area contributed by atoms with E-state index in [-0.39, 0.29) is 54.2 Å². The van der Waals surface area contributed by atoms with E-state index in [1.54, 1.807) is 76.3 Å². The second-order valence-electron chi connectivity index (χ2n) is 22.1. The van der Waals surface area contributed by atoms with Crippen LogP contribution in [0, 0.1) is 24.2 Å². The van der Waals surface area contributed by atoms with Gasteiger partial charge in [0.1, 0.15) is 42.3 Å². The molecule has 1 N–H and O–H groups in total. The molecule has 1 aromatic heterocycles. The van der Waals surface area contributed by atoms with E-state index < -0.39 is 40.8 Å². The van der Waals surface area contributed by atoms with Crippen molar-refractivity contribution >= 4 is 63.7 Å². The number of nitriles is 1. The number of fused-ring (bicyclic) bond motifs is 1. The van der Waals surface area contributed by atoms with Gasteiger partial charge in [0.2, 0.25) is 11.8 Å². The van der Waals surface area contributed by atoms with Gasteiger partial charge in [-0.2, -0.15) is 18.4 Å². The van der Waals surface area contributed by atoms with Gasteiger partial charge in [-0.05, 0) is 143 Å². The van der Waals surface area contributed by atoms with Gasteiger partial charge in [-0.3, -0.25) is 24.1 Å². The highest BCUT2D eigenvalue weighted by molar-refractivity contribution is 7.81. The molecule has 3 aliphatic rings. The van der Waals surface area contributed by atoms with Crippen molar-refractivity contribution < 1.29 is 65.5 Å². The molecule has 0 radical (unpaired) electrons. The molecular formula is C64H76F3N7O11S2. The number of nitrogens with one attached hydrogen (secondary N) is 1. The third-order valence-electron chi connectivity index (χ3n) is 15.3. The molecule has 2 atom stereocenters. The van der Waals surface area contributed by atoms with Crippen LogP contribution in [0.3, 0.4) is 0 Å². The molecule has 3 aliphatic heterocycles. The van der Waals surface area contributed by atoms with E-state index in [4.69, 9.17) is 45.4 Å². The standard InChI is InChI=1S/C64H76F3N7O11S2/c1-43(2)56(72-41-48-13-6-7-14-52(48)59(72)76)60(77)71-24-12-15-54(71)58(75)69-40-47-17-16-45(57-44(3)70-42-87-57)37-55(47)85-36-34-83-32-30-81-28-11-9-26-79-25-8-10-27-80-29-31-82-33-35-84-51-22-20-49(21-23-51)74-62(86)73(61(78)63(74,4)5)50-19-18-46(39-68)53(38-50)64(65,66)67/h6-7,13-14,16-23,37-38,42-43,54,56H,8-12,15,24-36,40-41H2,1-5H3,(H,69,75)/t54-,56?/m0/s1. The van der Waals surface area contributed by atoms with Gasteiger partial charge in [0.25, 0.3) is 11.8 Å². The van der Waals surface area contributed by atoms with Gasteiger partial charge < -0.3 is 53.2 Å². The smallest absolute Gasteiger partial charge is 0.417 e. The summed E-state index contributed by atoms with van der Waals surface area (Å²) in [6.07, 6.45) is -0.0982. The van der Waals surface area contributed by atoms with E-state index in [9.17, 15) is 37.6 Å². The lowest BCUT2D eigenvalue weighted by atomic mass is 10.0. The molecule has 5 aromatic rings. The van der Waals surface area contributed by atoms with Crippen LogP contribution in [0.4, 0.5) is 24.5 Å². The van der Waals surface area contributed by atoms with Crippen LogP contribution in [0.2, 0.25) is 0 Å². The summed E-state index contributed by atoms with van der Waals surface area (Å²) in [7, 11) is 0. The number of alkyl halides is 3. The summed E-state index contributed by atoms with van der Waals surface area (Å²) < 4.78 is 82.0. The highest BCUT2D eigenvalue weighted by Gasteiger charge is 2.51. The highest BCUT2D eigenvalue weighted by atomic mass is 32.1. The van der Waals surface area contributed by atoms with Crippen molar-refractivity contribution in [1.29, 1.82) is 5.26 Å². The van der Waals surface area contributed by atoms with Crippen molar-refractivity contribution in [2.45, 2.75) is 110 Å². The number of likely N-dealkylation sites (tertiary alicyclic amines) is 1. The number of amides is 4. The molecule has 2 saturated heterocycles. The zero-order valence-electron chi connectivity index (χ0n) is 49.9. The number of ether oxygens (including phenoxy) is 7. The van der Waals surface area contributed by atoms with Crippen molar-refractivity contribution in [3.05, 3.63) is 124 Å². The summed E-state index contributed by atoms with van der Waals surface area (Å²) in [5.41, 5.74) is 3.55. The summed E-state index contributed by atoms with van der Waals surface area (Å²) in [6.45, 7) is 15.5. The fraction of sp³-hybridized carbons (Fsp3) is 0.484. The summed E-state index contributed by atoms with van der Waals surface area (Å²) in [5, 5.41) is 12.3. The van der Waals surface area contributed by atoms with Gasteiger partial charge in [-0.15, -0.1) is 11.3 Å². The van der Waals surface area contributed by atoms with Crippen LogP contribution >= 0.6 is 23.6 Å². The third kappa shape index (κ3) is 16.8. The fourth-order valence-corrected chi connectivity index (χ4v) is 12.1. The molecule has 0 saturated carbocycles. The van der Waals surface area contributed by atoms with Crippen LogP contribution in [0.25, 0.3) is 10.4 Å². The summed E-state index contributed by atoms with van der Waals surface area (Å²) in [4.78, 5) is 66.5. The number of unbranched alkanes of at least 4 members (excludes halogenated alkanes) is 2. The average molecular weight is 1240 g/mol. The summed E-state index contributed by atoms with van der Waals surface area (Å²) in [6, 6.07) is 23.5. The van der Waals surface area contributed by atoms with E-state index in [1.807, 2.05) is 62.7 Å². The molecule has 2 fully saturated rings. The molecule has 18 nitrogen and oxygen atoms in total. The van der Waals surface area contributed by atoms with Gasteiger partial charge in [-0.25, -0.2) is 4.98 Å². The number of nitrogens with zero attached hydrogens (tertiary/aromatic N) is 6. The number of carbonyl (C=O) groups excluding carboxylic acids is 4. The maximum atomic E-state index is 14.2. The number of hydrogen-bond donors (Lipinski definition) is 1. The Bertz CT molecular complexity index is 3210. The molecule has 4 aromatic carbocycles. The molecule has 4 heterocycles. The average Bonchev–Trinajstić information content (AvgIpc) is 1.84. The first-order chi connectivity index (χ1) is 41.9. The molecule has 1 unspecified atom stereocenters. The number of carbonyl (C=O) groups is 4. The summed E-state index contributed by atoms with van der Waals surface area (Å²) in [5.74, 6) is -0.0938. The van der Waals surface area contributed by atoms with Crippen LogP contribution in [-0.4, -0.2) is 147 Å². The van der Waals surface area contributed by atoms with Gasteiger partial charge in [-0.1, -0.05) is 44.2 Å². The number of hydrogen-bond acceptors (Lipinski definition) is 15.